The van der Waals surface area contributed by atoms with Gasteiger partial charge in [0.25, 0.3) is 0 Å². The standard InChI is InChI=1S/C18H24N4O6S/c23-17(20-18(24)19-13-1-2-15-16(9-13)28-12-27-15)10-21-4-6-22(7-5-21)14-3-8-29(25,26)11-14/h1-2,9,14H,3-8,10-12H2,(H2,19,20,23,24)/t14-/m1/s1. The fourth-order valence-corrected chi connectivity index (χ4v) is 5.62. The fraction of sp³-hybridized carbons (Fsp3) is 0.556. The third kappa shape index (κ3) is 4.98. The number of amides is 3. The van der Waals surface area contributed by atoms with Crippen molar-refractivity contribution in [2.45, 2.75) is 12.5 Å². The van der Waals surface area contributed by atoms with Gasteiger partial charge in [0, 0.05) is 44.0 Å². The molecule has 0 bridgehead atoms. The summed E-state index contributed by atoms with van der Waals surface area (Å²) in [5.74, 6) is 1.26. The molecule has 158 valence electrons. The monoisotopic (exact) mass is 424 g/mol. The van der Waals surface area contributed by atoms with E-state index in [0.717, 1.165) is 13.1 Å². The number of nitrogens with zero attached hydrogens (tertiary/aromatic N) is 2. The minimum absolute atomic E-state index is 0.0865. The highest BCUT2D eigenvalue weighted by atomic mass is 32.2. The van der Waals surface area contributed by atoms with E-state index in [1.165, 1.54) is 0 Å². The summed E-state index contributed by atoms with van der Waals surface area (Å²) in [4.78, 5) is 28.4. The summed E-state index contributed by atoms with van der Waals surface area (Å²) in [6.45, 7) is 3.02. The van der Waals surface area contributed by atoms with E-state index in [2.05, 4.69) is 15.5 Å². The molecule has 3 amide bonds. The Morgan fingerprint density at radius 1 is 1.10 bits per heavy atom. The molecule has 2 N–H and O–H groups in total. The van der Waals surface area contributed by atoms with Crippen molar-refractivity contribution in [3.8, 4) is 11.5 Å². The lowest BCUT2D eigenvalue weighted by Gasteiger charge is -2.37. The molecule has 0 unspecified atom stereocenters. The molecule has 2 fully saturated rings. The number of nitrogens with one attached hydrogen (secondary N) is 2. The van der Waals surface area contributed by atoms with E-state index in [-0.39, 0.29) is 36.8 Å². The minimum atomic E-state index is -2.90. The van der Waals surface area contributed by atoms with Crippen LogP contribution in [0.15, 0.2) is 18.2 Å². The second-order valence-electron chi connectivity index (χ2n) is 7.44. The summed E-state index contributed by atoms with van der Waals surface area (Å²) in [6, 6.07) is 4.47. The van der Waals surface area contributed by atoms with Gasteiger partial charge in [-0.25, -0.2) is 13.2 Å². The Bertz CT molecular complexity index is 898. The zero-order chi connectivity index (χ0) is 20.4. The summed E-state index contributed by atoms with van der Waals surface area (Å²) in [5.41, 5.74) is 0.500. The summed E-state index contributed by atoms with van der Waals surface area (Å²) in [7, 11) is -2.90. The second-order valence-corrected chi connectivity index (χ2v) is 9.67. The van der Waals surface area contributed by atoms with E-state index in [0.29, 0.717) is 36.7 Å². The van der Waals surface area contributed by atoms with Crippen LogP contribution in [0.5, 0.6) is 11.5 Å². The summed E-state index contributed by atoms with van der Waals surface area (Å²) in [5, 5.41) is 4.93. The molecule has 0 saturated carbocycles. The number of carbonyl (C=O) groups excluding carboxylic acids is 2. The second kappa shape index (κ2) is 8.17. The predicted molar refractivity (Wildman–Crippen MR) is 105 cm³/mol. The Morgan fingerprint density at radius 2 is 1.86 bits per heavy atom. The van der Waals surface area contributed by atoms with Crippen LogP contribution in [0.4, 0.5) is 10.5 Å². The number of piperazine rings is 1. The molecule has 10 nitrogen and oxygen atoms in total. The largest absolute Gasteiger partial charge is 0.454 e. The maximum absolute atomic E-state index is 12.2. The van der Waals surface area contributed by atoms with E-state index in [9.17, 15) is 18.0 Å². The third-order valence-electron chi connectivity index (χ3n) is 5.38. The van der Waals surface area contributed by atoms with Crippen molar-refractivity contribution in [3.63, 3.8) is 0 Å². The molecule has 4 rings (SSSR count). The van der Waals surface area contributed by atoms with Crippen molar-refractivity contribution in [2.24, 2.45) is 0 Å². The highest BCUT2D eigenvalue weighted by Crippen LogP contribution is 2.34. The quantitative estimate of drug-likeness (QED) is 0.686. The SMILES string of the molecule is O=C(CN1CCN([C@@H]2CCS(=O)(=O)C2)CC1)NC(=O)Nc1ccc2c(c1)OCO2. The molecular formula is C18H24N4O6S. The van der Waals surface area contributed by atoms with Gasteiger partial charge in [-0.3, -0.25) is 19.9 Å². The Kier molecular flexibility index (Phi) is 5.61. The van der Waals surface area contributed by atoms with Crippen LogP contribution in [0.2, 0.25) is 0 Å². The Labute approximate surface area is 169 Å². The molecule has 3 aliphatic heterocycles. The van der Waals surface area contributed by atoms with Crippen molar-refractivity contribution in [3.05, 3.63) is 18.2 Å². The number of fused-ring (bicyclic) bond motifs is 1. The number of imide groups is 1. The molecule has 2 saturated heterocycles. The van der Waals surface area contributed by atoms with Crippen molar-refractivity contribution in [1.82, 2.24) is 15.1 Å². The van der Waals surface area contributed by atoms with Crippen LogP contribution in [-0.4, -0.2) is 87.2 Å². The Balaban J connectivity index is 1.20. The van der Waals surface area contributed by atoms with E-state index >= 15 is 0 Å². The number of hydrogen-bond donors (Lipinski definition) is 2. The number of benzene rings is 1. The highest BCUT2D eigenvalue weighted by Gasteiger charge is 2.33. The molecule has 0 aliphatic carbocycles. The first-order chi connectivity index (χ1) is 13.9. The maximum atomic E-state index is 12.2. The van der Waals surface area contributed by atoms with E-state index < -0.39 is 15.9 Å². The lowest BCUT2D eigenvalue weighted by atomic mass is 10.2. The summed E-state index contributed by atoms with van der Waals surface area (Å²) >= 11 is 0. The lowest BCUT2D eigenvalue weighted by molar-refractivity contribution is -0.121. The van der Waals surface area contributed by atoms with Crippen molar-refractivity contribution in [2.75, 3.05) is 56.3 Å². The van der Waals surface area contributed by atoms with Crippen molar-refractivity contribution >= 4 is 27.5 Å². The van der Waals surface area contributed by atoms with Gasteiger partial charge in [-0.05, 0) is 18.6 Å². The van der Waals surface area contributed by atoms with Gasteiger partial charge in [0.2, 0.25) is 12.7 Å². The average Bonchev–Trinajstić information content (AvgIpc) is 3.27. The van der Waals surface area contributed by atoms with Crippen molar-refractivity contribution < 1.29 is 27.5 Å². The highest BCUT2D eigenvalue weighted by molar-refractivity contribution is 7.91. The molecule has 1 aromatic carbocycles. The molecule has 3 heterocycles. The van der Waals surface area contributed by atoms with Gasteiger partial charge >= 0.3 is 6.03 Å². The number of hydrogen-bond acceptors (Lipinski definition) is 8. The van der Waals surface area contributed by atoms with E-state index in [4.69, 9.17) is 9.47 Å². The van der Waals surface area contributed by atoms with Gasteiger partial charge in [0.05, 0.1) is 18.1 Å². The smallest absolute Gasteiger partial charge is 0.325 e. The van der Waals surface area contributed by atoms with Crippen LogP contribution in [0.1, 0.15) is 6.42 Å². The third-order valence-corrected chi connectivity index (χ3v) is 7.13. The summed E-state index contributed by atoms with van der Waals surface area (Å²) < 4.78 is 33.8. The number of sulfone groups is 1. The van der Waals surface area contributed by atoms with Gasteiger partial charge in [-0.2, -0.15) is 0 Å². The molecule has 3 aliphatic rings. The number of urea groups is 1. The first-order valence-electron chi connectivity index (χ1n) is 9.55. The van der Waals surface area contributed by atoms with Gasteiger partial charge in [-0.1, -0.05) is 0 Å². The fourth-order valence-electron chi connectivity index (χ4n) is 3.86. The molecule has 1 atom stereocenters. The van der Waals surface area contributed by atoms with Gasteiger partial charge in [0.1, 0.15) is 0 Å². The van der Waals surface area contributed by atoms with Crippen LogP contribution < -0.4 is 20.1 Å². The first kappa shape index (κ1) is 19.9. The number of carbonyl (C=O) groups is 2. The predicted octanol–water partition coefficient (Wildman–Crippen LogP) is -0.132. The summed E-state index contributed by atoms with van der Waals surface area (Å²) in [6.07, 6.45) is 0.683. The minimum Gasteiger partial charge on any atom is -0.454 e. The van der Waals surface area contributed by atoms with Crippen LogP contribution in [0, 0.1) is 0 Å². The molecule has 0 aromatic heterocycles. The first-order valence-corrected chi connectivity index (χ1v) is 11.4. The van der Waals surface area contributed by atoms with Crippen molar-refractivity contribution in [1.29, 1.82) is 0 Å². The van der Waals surface area contributed by atoms with Crippen LogP contribution in [-0.2, 0) is 14.6 Å². The molecule has 29 heavy (non-hydrogen) atoms. The zero-order valence-electron chi connectivity index (χ0n) is 15.9. The maximum Gasteiger partial charge on any atom is 0.325 e. The van der Waals surface area contributed by atoms with E-state index in [1.54, 1.807) is 18.2 Å². The molecule has 11 heteroatoms. The Hall–Kier alpha value is -2.37. The zero-order valence-corrected chi connectivity index (χ0v) is 16.7. The number of anilines is 1. The van der Waals surface area contributed by atoms with E-state index in [1.807, 2.05) is 4.90 Å². The van der Waals surface area contributed by atoms with Gasteiger partial charge in [-0.15, -0.1) is 0 Å². The average molecular weight is 424 g/mol. The van der Waals surface area contributed by atoms with Crippen LogP contribution >= 0.6 is 0 Å². The van der Waals surface area contributed by atoms with Gasteiger partial charge in [0.15, 0.2) is 21.3 Å². The van der Waals surface area contributed by atoms with Crippen LogP contribution in [0.25, 0.3) is 0 Å². The van der Waals surface area contributed by atoms with Gasteiger partial charge < -0.3 is 14.8 Å². The Morgan fingerprint density at radius 3 is 2.59 bits per heavy atom. The molecule has 1 aromatic rings. The number of rotatable bonds is 4. The molecule has 0 radical (unpaired) electrons. The number of ether oxygens (including phenoxy) is 2. The van der Waals surface area contributed by atoms with Crippen LogP contribution in [0.3, 0.4) is 0 Å². The lowest BCUT2D eigenvalue weighted by Crippen LogP contribution is -2.53. The molecule has 0 spiro atoms. The normalized spacial score (nSPS) is 23.7. The molecular weight excluding hydrogens is 400 g/mol. The topological polar surface area (TPSA) is 117 Å².